The first kappa shape index (κ1) is 11.0. The van der Waals surface area contributed by atoms with E-state index in [1.165, 1.54) is 0 Å². The second kappa shape index (κ2) is 3.51. The number of fused-ring (bicyclic) bond motifs is 1. The van der Waals surface area contributed by atoms with Crippen LogP contribution in [0.3, 0.4) is 0 Å². The molecule has 3 nitrogen and oxygen atoms in total. The molecule has 0 aliphatic carbocycles. The summed E-state index contributed by atoms with van der Waals surface area (Å²) in [6.07, 6.45) is 0.432. The first-order valence-electron chi connectivity index (χ1n) is 5.54. The van der Waals surface area contributed by atoms with E-state index in [0.29, 0.717) is 23.4 Å². The minimum Gasteiger partial charge on any atom is -0.486 e. The fraction of sp³-hybridized carbons (Fsp3) is 0.462. The molecular formula is C13H17NO2. The predicted molar refractivity (Wildman–Crippen MR) is 63.7 cm³/mol. The topological polar surface area (TPSA) is 52.3 Å². The van der Waals surface area contributed by atoms with Crippen LogP contribution in [-0.2, 0) is 0 Å². The van der Waals surface area contributed by atoms with E-state index in [-0.39, 0.29) is 11.7 Å². The molecule has 16 heavy (non-hydrogen) atoms. The van der Waals surface area contributed by atoms with Gasteiger partial charge in [-0.15, -0.1) is 0 Å². The number of carbonyl (C=O) groups excluding carboxylic acids is 1. The molecule has 2 N–H and O–H groups in total. The van der Waals surface area contributed by atoms with Crippen molar-refractivity contribution in [3.63, 3.8) is 0 Å². The summed E-state index contributed by atoms with van der Waals surface area (Å²) in [5, 5.41) is 0. The fourth-order valence-electron chi connectivity index (χ4n) is 1.88. The molecule has 0 saturated heterocycles. The van der Waals surface area contributed by atoms with Gasteiger partial charge in [0.05, 0.1) is 12.0 Å². The lowest BCUT2D eigenvalue weighted by Gasteiger charge is -2.38. The third-order valence-corrected chi connectivity index (χ3v) is 3.38. The molecule has 0 fully saturated rings. The second-order valence-electron chi connectivity index (χ2n) is 4.92. The highest BCUT2D eigenvalue weighted by Crippen LogP contribution is 2.37. The Balaban J connectivity index is 2.46. The SMILES string of the molecule is CC(C)C1(C)CC(=O)c2ccc(N)cc2O1. The van der Waals surface area contributed by atoms with Gasteiger partial charge in [0.25, 0.3) is 0 Å². The number of Topliss-reactive ketones (excluding diaryl/α,β-unsaturated/α-hetero) is 1. The van der Waals surface area contributed by atoms with Crippen LogP contribution in [0.15, 0.2) is 18.2 Å². The Hall–Kier alpha value is -1.51. The summed E-state index contributed by atoms with van der Waals surface area (Å²) >= 11 is 0. The molecule has 1 aromatic carbocycles. The largest absolute Gasteiger partial charge is 0.486 e. The summed E-state index contributed by atoms with van der Waals surface area (Å²) in [4.78, 5) is 12.0. The van der Waals surface area contributed by atoms with E-state index in [4.69, 9.17) is 10.5 Å². The van der Waals surface area contributed by atoms with Crippen LogP contribution in [0.4, 0.5) is 5.69 Å². The van der Waals surface area contributed by atoms with Crippen LogP contribution in [0.2, 0.25) is 0 Å². The highest BCUT2D eigenvalue weighted by molar-refractivity contribution is 6.00. The zero-order valence-electron chi connectivity index (χ0n) is 9.91. The molecule has 0 radical (unpaired) electrons. The third kappa shape index (κ3) is 1.66. The standard InChI is InChI=1S/C13H17NO2/c1-8(2)13(3)7-11(15)10-5-4-9(14)6-12(10)16-13/h4-6,8H,7,14H2,1-3H3. The van der Waals surface area contributed by atoms with Crippen LogP contribution in [0.1, 0.15) is 37.6 Å². The third-order valence-electron chi connectivity index (χ3n) is 3.38. The van der Waals surface area contributed by atoms with Gasteiger partial charge in [0.2, 0.25) is 0 Å². The van der Waals surface area contributed by atoms with E-state index in [9.17, 15) is 4.79 Å². The van der Waals surface area contributed by atoms with Crippen LogP contribution in [0.5, 0.6) is 5.75 Å². The Morgan fingerprint density at radius 3 is 2.75 bits per heavy atom. The van der Waals surface area contributed by atoms with E-state index in [1.54, 1.807) is 18.2 Å². The lowest BCUT2D eigenvalue weighted by molar-refractivity contribution is 0.0213. The monoisotopic (exact) mass is 219 g/mol. The van der Waals surface area contributed by atoms with Gasteiger partial charge in [-0.05, 0) is 25.0 Å². The quantitative estimate of drug-likeness (QED) is 0.739. The van der Waals surface area contributed by atoms with E-state index in [0.717, 1.165) is 0 Å². The number of rotatable bonds is 1. The van der Waals surface area contributed by atoms with Gasteiger partial charge in [-0.1, -0.05) is 13.8 Å². The van der Waals surface area contributed by atoms with Crippen molar-refractivity contribution in [1.29, 1.82) is 0 Å². The molecule has 86 valence electrons. The van der Waals surface area contributed by atoms with Crippen LogP contribution in [-0.4, -0.2) is 11.4 Å². The first-order valence-corrected chi connectivity index (χ1v) is 5.54. The van der Waals surface area contributed by atoms with Gasteiger partial charge in [-0.2, -0.15) is 0 Å². The molecule has 1 aromatic rings. The number of nitrogens with two attached hydrogens (primary N) is 1. The molecule has 3 heteroatoms. The molecular weight excluding hydrogens is 202 g/mol. The zero-order chi connectivity index (χ0) is 11.9. The maximum atomic E-state index is 12.0. The van der Waals surface area contributed by atoms with Crippen molar-refractivity contribution in [1.82, 2.24) is 0 Å². The Morgan fingerprint density at radius 2 is 2.12 bits per heavy atom. The van der Waals surface area contributed by atoms with Crippen LogP contribution in [0.25, 0.3) is 0 Å². The van der Waals surface area contributed by atoms with E-state index in [2.05, 4.69) is 13.8 Å². The van der Waals surface area contributed by atoms with Gasteiger partial charge in [0, 0.05) is 11.8 Å². The van der Waals surface area contributed by atoms with Crippen molar-refractivity contribution >= 4 is 11.5 Å². The van der Waals surface area contributed by atoms with Crippen molar-refractivity contribution in [3.8, 4) is 5.75 Å². The number of nitrogen functional groups attached to an aromatic ring is 1. The molecule has 1 atom stereocenters. The normalized spacial score (nSPS) is 24.1. The molecule has 0 amide bonds. The number of hydrogen-bond donors (Lipinski definition) is 1. The summed E-state index contributed by atoms with van der Waals surface area (Å²) < 4.78 is 5.93. The van der Waals surface area contributed by atoms with Crippen molar-refractivity contribution in [2.24, 2.45) is 5.92 Å². The smallest absolute Gasteiger partial charge is 0.170 e. The van der Waals surface area contributed by atoms with E-state index >= 15 is 0 Å². The molecule has 1 aliphatic rings. The number of ether oxygens (including phenoxy) is 1. The number of anilines is 1. The maximum Gasteiger partial charge on any atom is 0.170 e. The number of carbonyl (C=O) groups is 1. The Kier molecular flexibility index (Phi) is 2.41. The number of benzene rings is 1. The highest BCUT2D eigenvalue weighted by Gasteiger charge is 2.38. The molecule has 0 saturated carbocycles. The molecule has 0 aromatic heterocycles. The van der Waals surface area contributed by atoms with Crippen molar-refractivity contribution in [2.45, 2.75) is 32.8 Å². The van der Waals surface area contributed by atoms with Crippen LogP contribution < -0.4 is 10.5 Å². The average molecular weight is 219 g/mol. The van der Waals surface area contributed by atoms with Gasteiger partial charge < -0.3 is 10.5 Å². The molecule has 1 heterocycles. The molecule has 2 rings (SSSR count). The summed E-state index contributed by atoms with van der Waals surface area (Å²) in [6, 6.07) is 5.21. The maximum absolute atomic E-state index is 12.0. The molecule has 1 unspecified atom stereocenters. The van der Waals surface area contributed by atoms with E-state index in [1.807, 2.05) is 6.92 Å². The molecule has 1 aliphatic heterocycles. The van der Waals surface area contributed by atoms with Crippen LogP contribution in [0, 0.1) is 5.92 Å². The summed E-state index contributed by atoms with van der Waals surface area (Å²) in [5.74, 6) is 1.04. The minimum absolute atomic E-state index is 0.137. The Morgan fingerprint density at radius 1 is 1.44 bits per heavy atom. The Labute approximate surface area is 95.6 Å². The number of hydrogen-bond acceptors (Lipinski definition) is 3. The summed E-state index contributed by atoms with van der Waals surface area (Å²) in [7, 11) is 0. The lowest BCUT2D eigenvalue weighted by atomic mass is 9.83. The molecule has 0 bridgehead atoms. The number of ketones is 1. The van der Waals surface area contributed by atoms with Crippen molar-refractivity contribution < 1.29 is 9.53 Å². The first-order chi connectivity index (χ1) is 7.42. The fourth-order valence-corrected chi connectivity index (χ4v) is 1.88. The predicted octanol–water partition coefficient (Wildman–Crippen LogP) is 2.65. The summed E-state index contributed by atoms with van der Waals surface area (Å²) in [6.45, 7) is 6.09. The van der Waals surface area contributed by atoms with Crippen molar-refractivity contribution in [3.05, 3.63) is 23.8 Å². The summed E-state index contributed by atoms with van der Waals surface area (Å²) in [5.41, 5.74) is 6.55. The van der Waals surface area contributed by atoms with Gasteiger partial charge >= 0.3 is 0 Å². The lowest BCUT2D eigenvalue weighted by Crippen LogP contribution is -2.43. The minimum atomic E-state index is -0.419. The molecule has 0 spiro atoms. The second-order valence-corrected chi connectivity index (χ2v) is 4.92. The van der Waals surface area contributed by atoms with Gasteiger partial charge in [-0.3, -0.25) is 4.79 Å². The highest BCUT2D eigenvalue weighted by atomic mass is 16.5. The van der Waals surface area contributed by atoms with Gasteiger partial charge in [0.15, 0.2) is 5.78 Å². The zero-order valence-corrected chi connectivity index (χ0v) is 9.91. The van der Waals surface area contributed by atoms with E-state index < -0.39 is 5.60 Å². The van der Waals surface area contributed by atoms with Gasteiger partial charge in [-0.25, -0.2) is 0 Å². The van der Waals surface area contributed by atoms with Crippen LogP contribution >= 0.6 is 0 Å². The van der Waals surface area contributed by atoms with Crippen molar-refractivity contribution in [2.75, 3.05) is 5.73 Å². The average Bonchev–Trinajstić information content (AvgIpc) is 2.16. The Bertz CT molecular complexity index is 440. The van der Waals surface area contributed by atoms with Gasteiger partial charge in [0.1, 0.15) is 11.4 Å².